The minimum Gasteiger partial charge on any atom is -0.465 e. The van der Waals surface area contributed by atoms with Gasteiger partial charge in [-0.3, -0.25) is 4.98 Å². The number of anilines is 1. The zero-order valence-electron chi connectivity index (χ0n) is 14.5. The molecule has 0 aliphatic carbocycles. The first-order chi connectivity index (χ1) is 12.5. The van der Waals surface area contributed by atoms with Crippen molar-refractivity contribution in [3.05, 3.63) is 35.7 Å². The van der Waals surface area contributed by atoms with E-state index in [1.54, 1.807) is 31.3 Å². The molecule has 0 amide bonds. The summed E-state index contributed by atoms with van der Waals surface area (Å²) in [6.07, 6.45) is 1.57. The van der Waals surface area contributed by atoms with Crippen molar-refractivity contribution < 1.29 is 13.9 Å². The topological polar surface area (TPSA) is 102 Å². The number of carbonyl (C=O) groups excluding carboxylic acids is 1. The first kappa shape index (κ1) is 17.7. The second-order valence-corrected chi connectivity index (χ2v) is 5.76. The van der Waals surface area contributed by atoms with Crippen molar-refractivity contribution in [1.82, 2.24) is 20.3 Å². The van der Waals surface area contributed by atoms with Crippen molar-refractivity contribution in [1.29, 1.82) is 0 Å². The van der Waals surface area contributed by atoms with Crippen molar-refractivity contribution in [2.24, 2.45) is 0 Å². The molecule has 9 heteroatoms. The number of hydrogen-bond acceptors (Lipinski definition) is 7. The number of nitrogens with zero attached hydrogens (tertiary/aromatic N) is 3. The Balaban J connectivity index is 1.95. The number of nitrogens with one attached hydrogen (secondary N) is 2. The van der Waals surface area contributed by atoms with Crippen molar-refractivity contribution >= 4 is 40.3 Å². The van der Waals surface area contributed by atoms with E-state index in [0.29, 0.717) is 51.4 Å². The maximum absolute atomic E-state index is 11.7. The Hall–Kier alpha value is -3.07. The summed E-state index contributed by atoms with van der Waals surface area (Å²) in [5.74, 6) is 0.960. The fourth-order valence-corrected chi connectivity index (χ4v) is 2.58. The van der Waals surface area contributed by atoms with E-state index < -0.39 is 5.97 Å². The third-order valence-corrected chi connectivity index (χ3v) is 3.81. The van der Waals surface area contributed by atoms with E-state index in [1.165, 1.54) is 7.11 Å². The third-order valence-electron chi connectivity index (χ3n) is 3.56. The van der Waals surface area contributed by atoms with Crippen molar-refractivity contribution in [3.63, 3.8) is 0 Å². The van der Waals surface area contributed by atoms with Crippen LogP contribution in [-0.4, -0.2) is 39.7 Å². The van der Waals surface area contributed by atoms with Crippen molar-refractivity contribution in [2.75, 3.05) is 19.0 Å². The smallest absolute Gasteiger partial charge is 0.341 e. The maximum atomic E-state index is 11.7. The fraction of sp³-hybridized carbons (Fsp3) is 0.235. The highest BCUT2D eigenvalue weighted by molar-refractivity contribution is 7.80. The molecule has 3 aromatic rings. The van der Waals surface area contributed by atoms with Crippen LogP contribution in [0.25, 0.3) is 22.6 Å². The van der Waals surface area contributed by atoms with Crippen LogP contribution in [-0.2, 0) is 4.74 Å². The lowest BCUT2D eigenvalue weighted by molar-refractivity contribution is 0.0599. The molecule has 134 valence electrons. The van der Waals surface area contributed by atoms with Gasteiger partial charge in [-0.05, 0) is 38.2 Å². The van der Waals surface area contributed by atoms with Crippen LogP contribution in [0, 0.1) is 6.92 Å². The third kappa shape index (κ3) is 3.62. The molecule has 26 heavy (non-hydrogen) atoms. The molecule has 8 nitrogen and oxygen atoms in total. The molecule has 0 bridgehead atoms. The SMILES string of the molecule is CCNC(=S)Nc1ccc2ncc(-c3cc(C(=O)OC)c(C)o3)nc2n1. The van der Waals surface area contributed by atoms with Gasteiger partial charge in [0.15, 0.2) is 16.5 Å². The van der Waals surface area contributed by atoms with Crippen LogP contribution in [0.5, 0.6) is 0 Å². The Kier molecular flexibility index (Phi) is 5.08. The van der Waals surface area contributed by atoms with E-state index in [-0.39, 0.29) is 0 Å². The second-order valence-electron chi connectivity index (χ2n) is 5.35. The summed E-state index contributed by atoms with van der Waals surface area (Å²) in [4.78, 5) is 25.0. The second kappa shape index (κ2) is 7.44. The molecule has 0 saturated heterocycles. The van der Waals surface area contributed by atoms with Gasteiger partial charge in [-0.2, -0.15) is 0 Å². The number of rotatable bonds is 4. The van der Waals surface area contributed by atoms with Crippen molar-refractivity contribution in [3.8, 4) is 11.5 Å². The number of ether oxygens (including phenoxy) is 1. The highest BCUT2D eigenvalue weighted by Crippen LogP contribution is 2.25. The normalized spacial score (nSPS) is 10.6. The van der Waals surface area contributed by atoms with E-state index in [9.17, 15) is 4.79 Å². The van der Waals surface area contributed by atoms with Gasteiger partial charge in [-0.15, -0.1) is 0 Å². The monoisotopic (exact) mass is 371 g/mol. The molecule has 0 aliphatic heterocycles. The number of furan rings is 1. The van der Waals surface area contributed by atoms with E-state index in [2.05, 4.69) is 25.6 Å². The van der Waals surface area contributed by atoms with Gasteiger partial charge >= 0.3 is 5.97 Å². The maximum Gasteiger partial charge on any atom is 0.341 e. The van der Waals surface area contributed by atoms with Gasteiger partial charge in [0.1, 0.15) is 28.4 Å². The van der Waals surface area contributed by atoms with Gasteiger partial charge in [-0.25, -0.2) is 14.8 Å². The van der Waals surface area contributed by atoms with Crippen LogP contribution in [0.3, 0.4) is 0 Å². The molecule has 3 aromatic heterocycles. The Morgan fingerprint density at radius 1 is 1.35 bits per heavy atom. The molecule has 0 aromatic carbocycles. The Labute approximate surface area is 155 Å². The Morgan fingerprint density at radius 2 is 2.15 bits per heavy atom. The molecule has 0 aliphatic rings. The molecule has 0 atom stereocenters. The zero-order valence-corrected chi connectivity index (χ0v) is 15.3. The Morgan fingerprint density at radius 3 is 2.88 bits per heavy atom. The number of esters is 1. The van der Waals surface area contributed by atoms with Crippen LogP contribution in [0.15, 0.2) is 28.8 Å². The summed E-state index contributed by atoms with van der Waals surface area (Å²) in [5.41, 5.74) is 1.88. The summed E-state index contributed by atoms with van der Waals surface area (Å²) < 4.78 is 10.4. The lowest BCUT2D eigenvalue weighted by atomic mass is 10.2. The summed E-state index contributed by atoms with van der Waals surface area (Å²) in [7, 11) is 1.32. The molecule has 0 spiro atoms. The lowest BCUT2D eigenvalue weighted by Gasteiger charge is -2.08. The minimum absolute atomic E-state index is 0.351. The highest BCUT2D eigenvalue weighted by atomic mass is 32.1. The number of hydrogen-bond donors (Lipinski definition) is 2. The first-order valence-electron chi connectivity index (χ1n) is 7.89. The van der Waals surface area contributed by atoms with E-state index in [4.69, 9.17) is 21.4 Å². The summed E-state index contributed by atoms with van der Waals surface area (Å²) in [6, 6.07) is 5.15. The van der Waals surface area contributed by atoms with Crippen LogP contribution >= 0.6 is 12.2 Å². The molecule has 3 heterocycles. The van der Waals surface area contributed by atoms with Crippen LogP contribution in [0.1, 0.15) is 23.0 Å². The summed E-state index contributed by atoms with van der Waals surface area (Å²) in [5, 5.41) is 6.46. The number of aromatic nitrogens is 3. The molecule has 3 rings (SSSR count). The van der Waals surface area contributed by atoms with E-state index in [0.717, 1.165) is 0 Å². The van der Waals surface area contributed by atoms with Gasteiger partial charge in [0.05, 0.1) is 13.3 Å². The van der Waals surface area contributed by atoms with E-state index in [1.807, 2.05) is 6.92 Å². The predicted octanol–water partition coefficient (Wildman–Crippen LogP) is 2.69. The minimum atomic E-state index is -0.465. The molecular formula is C17H17N5O3S. The van der Waals surface area contributed by atoms with Gasteiger partial charge in [0.2, 0.25) is 0 Å². The number of carbonyl (C=O) groups is 1. The van der Waals surface area contributed by atoms with E-state index >= 15 is 0 Å². The van der Waals surface area contributed by atoms with Gasteiger partial charge in [0, 0.05) is 12.6 Å². The molecule has 0 saturated carbocycles. The predicted molar refractivity (Wildman–Crippen MR) is 101 cm³/mol. The Bertz CT molecular complexity index is 986. The number of aryl methyl sites for hydroxylation is 1. The number of methoxy groups -OCH3 is 1. The molecular weight excluding hydrogens is 354 g/mol. The largest absolute Gasteiger partial charge is 0.465 e. The van der Waals surface area contributed by atoms with Crippen LogP contribution in [0.2, 0.25) is 0 Å². The standard InChI is InChI=1S/C17H17N5O3S/c1-4-18-17(26)22-14-6-5-11-15(21-14)20-12(8-19-11)13-7-10(9(2)25-13)16(23)24-3/h5-8H,4H2,1-3H3,(H2,18,20,21,22,26). The zero-order chi connectivity index (χ0) is 18.7. The molecule has 0 fully saturated rings. The quantitative estimate of drug-likeness (QED) is 0.529. The average molecular weight is 371 g/mol. The van der Waals surface area contributed by atoms with Gasteiger partial charge in [0.25, 0.3) is 0 Å². The molecule has 0 unspecified atom stereocenters. The van der Waals surface area contributed by atoms with Crippen LogP contribution in [0.4, 0.5) is 5.82 Å². The molecule has 2 N–H and O–H groups in total. The number of pyridine rings is 1. The van der Waals surface area contributed by atoms with Gasteiger partial charge in [-0.1, -0.05) is 0 Å². The van der Waals surface area contributed by atoms with Crippen molar-refractivity contribution in [2.45, 2.75) is 13.8 Å². The average Bonchev–Trinajstić information content (AvgIpc) is 3.02. The first-order valence-corrected chi connectivity index (χ1v) is 8.30. The number of thiocarbonyl (C=S) groups is 1. The lowest BCUT2D eigenvalue weighted by Crippen LogP contribution is -2.28. The van der Waals surface area contributed by atoms with Crippen LogP contribution < -0.4 is 10.6 Å². The highest BCUT2D eigenvalue weighted by Gasteiger charge is 2.17. The fourth-order valence-electron chi connectivity index (χ4n) is 2.33. The van der Waals surface area contributed by atoms with Gasteiger partial charge < -0.3 is 19.8 Å². The summed E-state index contributed by atoms with van der Waals surface area (Å²) in [6.45, 7) is 4.35. The number of fused-ring (bicyclic) bond motifs is 1. The molecule has 0 radical (unpaired) electrons. The summed E-state index contributed by atoms with van der Waals surface area (Å²) >= 11 is 5.16.